The van der Waals surface area contributed by atoms with Gasteiger partial charge < -0.3 is 4.52 Å². The molecule has 0 radical (unpaired) electrons. The zero-order chi connectivity index (χ0) is 15.9. The van der Waals surface area contributed by atoms with Crippen LogP contribution in [0.3, 0.4) is 0 Å². The summed E-state index contributed by atoms with van der Waals surface area (Å²) >= 11 is 0. The Kier molecular flexibility index (Phi) is 4.44. The molecule has 23 heavy (non-hydrogen) atoms. The van der Waals surface area contributed by atoms with Crippen LogP contribution in [0, 0.1) is 0 Å². The molecule has 8 nitrogen and oxygen atoms in total. The Balaban J connectivity index is 1.56. The van der Waals surface area contributed by atoms with Gasteiger partial charge in [0.2, 0.25) is 17.6 Å². The molecule has 2 heterocycles. The molecule has 0 spiro atoms. The standard InChI is InChI=1S/C15H12N6O2/c22-13(20-18-9-11-4-2-1-3-5-11)8-14-19-15(21-23-14)12-10-16-6-7-17-12/h1-7,9-10H,8H2,(H,20,22). The summed E-state index contributed by atoms with van der Waals surface area (Å²) in [6.07, 6.45) is 6.06. The molecule has 8 heteroatoms. The van der Waals surface area contributed by atoms with Crippen LogP contribution in [-0.2, 0) is 11.2 Å². The highest BCUT2D eigenvalue weighted by atomic mass is 16.5. The van der Waals surface area contributed by atoms with Crippen LogP contribution < -0.4 is 5.43 Å². The van der Waals surface area contributed by atoms with Crippen LogP contribution in [0.15, 0.2) is 58.5 Å². The van der Waals surface area contributed by atoms with Gasteiger partial charge in [-0.05, 0) is 5.56 Å². The number of rotatable bonds is 5. The highest BCUT2D eigenvalue weighted by Gasteiger charge is 2.12. The first kappa shape index (κ1) is 14.5. The van der Waals surface area contributed by atoms with Crippen LogP contribution in [0.4, 0.5) is 0 Å². The van der Waals surface area contributed by atoms with Gasteiger partial charge >= 0.3 is 0 Å². The molecule has 0 saturated heterocycles. The van der Waals surface area contributed by atoms with E-state index in [0.29, 0.717) is 5.69 Å². The Morgan fingerprint density at radius 3 is 2.91 bits per heavy atom. The van der Waals surface area contributed by atoms with Gasteiger partial charge in [0.1, 0.15) is 12.1 Å². The van der Waals surface area contributed by atoms with Gasteiger partial charge in [-0.3, -0.25) is 9.78 Å². The average molecular weight is 308 g/mol. The molecular weight excluding hydrogens is 296 g/mol. The maximum absolute atomic E-state index is 11.8. The molecule has 0 bridgehead atoms. The molecule has 0 aliphatic rings. The fraction of sp³-hybridized carbons (Fsp3) is 0.0667. The maximum atomic E-state index is 11.8. The predicted octanol–water partition coefficient (Wildman–Crippen LogP) is 1.22. The summed E-state index contributed by atoms with van der Waals surface area (Å²) in [5.74, 6) is 0.110. The van der Waals surface area contributed by atoms with Crippen molar-refractivity contribution in [3.8, 4) is 11.5 Å². The highest BCUT2D eigenvalue weighted by molar-refractivity contribution is 5.82. The van der Waals surface area contributed by atoms with Crippen molar-refractivity contribution in [1.29, 1.82) is 0 Å². The van der Waals surface area contributed by atoms with E-state index in [1.54, 1.807) is 12.4 Å². The molecule has 0 unspecified atom stereocenters. The first-order valence-electron chi connectivity index (χ1n) is 6.77. The third kappa shape index (κ3) is 4.03. The van der Waals surface area contributed by atoms with E-state index >= 15 is 0 Å². The Bertz CT molecular complexity index is 801. The van der Waals surface area contributed by atoms with E-state index in [-0.39, 0.29) is 24.0 Å². The van der Waals surface area contributed by atoms with Crippen LogP contribution in [0.5, 0.6) is 0 Å². The molecule has 0 aliphatic carbocycles. The van der Waals surface area contributed by atoms with Gasteiger partial charge in [0.15, 0.2) is 0 Å². The average Bonchev–Trinajstić information content (AvgIpc) is 3.05. The van der Waals surface area contributed by atoms with Crippen LogP contribution in [0.1, 0.15) is 11.5 Å². The Morgan fingerprint density at radius 1 is 1.26 bits per heavy atom. The summed E-state index contributed by atoms with van der Waals surface area (Å²) < 4.78 is 5.01. The van der Waals surface area contributed by atoms with Crippen molar-refractivity contribution in [2.24, 2.45) is 5.10 Å². The smallest absolute Gasteiger partial charge is 0.249 e. The monoisotopic (exact) mass is 308 g/mol. The first-order valence-corrected chi connectivity index (χ1v) is 6.77. The largest absolute Gasteiger partial charge is 0.338 e. The number of carbonyl (C=O) groups excluding carboxylic acids is 1. The van der Waals surface area contributed by atoms with Crippen LogP contribution in [0.2, 0.25) is 0 Å². The summed E-state index contributed by atoms with van der Waals surface area (Å²) in [4.78, 5) is 23.8. The summed E-state index contributed by atoms with van der Waals surface area (Å²) in [6, 6.07) is 9.42. The van der Waals surface area contributed by atoms with Gasteiger partial charge in [0, 0.05) is 12.4 Å². The normalized spacial score (nSPS) is 10.8. The van der Waals surface area contributed by atoms with Gasteiger partial charge in [-0.1, -0.05) is 35.5 Å². The minimum atomic E-state index is -0.355. The number of aromatic nitrogens is 4. The fourth-order valence-corrected chi connectivity index (χ4v) is 1.74. The number of hydrazone groups is 1. The lowest BCUT2D eigenvalue weighted by molar-refractivity contribution is -0.120. The first-order chi connectivity index (χ1) is 11.3. The fourth-order valence-electron chi connectivity index (χ4n) is 1.74. The number of nitrogens with one attached hydrogen (secondary N) is 1. The molecule has 0 aliphatic heterocycles. The summed E-state index contributed by atoms with van der Waals surface area (Å²) in [6.45, 7) is 0. The van der Waals surface area contributed by atoms with Crippen molar-refractivity contribution < 1.29 is 9.32 Å². The van der Waals surface area contributed by atoms with Crippen LogP contribution in [0.25, 0.3) is 11.5 Å². The SMILES string of the molecule is O=C(Cc1nc(-c2cnccn2)no1)NN=Cc1ccccc1. The lowest BCUT2D eigenvalue weighted by Crippen LogP contribution is -2.19. The van der Waals surface area contributed by atoms with Crippen molar-refractivity contribution in [2.45, 2.75) is 6.42 Å². The number of carbonyl (C=O) groups is 1. The molecular formula is C15H12N6O2. The zero-order valence-electron chi connectivity index (χ0n) is 12.0. The second-order valence-corrected chi connectivity index (χ2v) is 4.48. The lowest BCUT2D eigenvalue weighted by atomic mass is 10.2. The van der Waals surface area contributed by atoms with E-state index in [0.717, 1.165) is 5.56 Å². The molecule has 1 amide bonds. The third-order valence-corrected chi connectivity index (χ3v) is 2.77. The van der Waals surface area contributed by atoms with E-state index in [2.05, 4.69) is 30.6 Å². The minimum Gasteiger partial charge on any atom is -0.338 e. The van der Waals surface area contributed by atoms with Gasteiger partial charge in [0.25, 0.3) is 0 Å². The zero-order valence-corrected chi connectivity index (χ0v) is 12.0. The van der Waals surface area contributed by atoms with Crippen LogP contribution in [-0.4, -0.2) is 32.2 Å². The molecule has 0 atom stereocenters. The van der Waals surface area contributed by atoms with E-state index in [4.69, 9.17) is 4.52 Å². The molecule has 114 valence electrons. The Hall–Kier alpha value is -3.42. The second-order valence-electron chi connectivity index (χ2n) is 4.48. The maximum Gasteiger partial charge on any atom is 0.249 e. The number of amides is 1. The van der Waals surface area contributed by atoms with E-state index in [9.17, 15) is 4.79 Å². The molecule has 3 aromatic rings. The molecule has 1 aromatic carbocycles. The van der Waals surface area contributed by atoms with Crippen molar-refractivity contribution in [3.05, 3.63) is 60.4 Å². The Morgan fingerprint density at radius 2 is 2.13 bits per heavy atom. The molecule has 0 fully saturated rings. The highest BCUT2D eigenvalue weighted by Crippen LogP contribution is 2.10. The summed E-state index contributed by atoms with van der Waals surface area (Å²) in [5.41, 5.74) is 3.77. The van der Waals surface area contributed by atoms with Crippen molar-refractivity contribution in [2.75, 3.05) is 0 Å². The van der Waals surface area contributed by atoms with E-state index in [1.165, 1.54) is 12.4 Å². The number of nitrogens with zero attached hydrogens (tertiary/aromatic N) is 5. The lowest BCUT2D eigenvalue weighted by Gasteiger charge is -1.95. The molecule has 1 N–H and O–H groups in total. The second kappa shape index (κ2) is 7.03. The topological polar surface area (TPSA) is 106 Å². The predicted molar refractivity (Wildman–Crippen MR) is 81.2 cm³/mol. The number of benzene rings is 1. The van der Waals surface area contributed by atoms with Gasteiger partial charge in [-0.2, -0.15) is 10.1 Å². The van der Waals surface area contributed by atoms with E-state index in [1.807, 2.05) is 30.3 Å². The number of hydrogen-bond donors (Lipinski definition) is 1. The summed E-state index contributed by atoms with van der Waals surface area (Å²) in [7, 11) is 0. The van der Waals surface area contributed by atoms with Crippen molar-refractivity contribution >= 4 is 12.1 Å². The molecule has 3 rings (SSSR count). The quantitative estimate of drug-likeness (QED) is 0.561. The van der Waals surface area contributed by atoms with Crippen molar-refractivity contribution in [1.82, 2.24) is 25.5 Å². The minimum absolute atomic E-state index is 0.0700. The molecule has 0 saturated carbocycles. The third-order valence-electron chi connectivity index (χ3n) is 2.77. The van der Waals surface area contributed by atoms with Gasteiger partial charge in [0.05, 0.1) is 12.4 Å². The van der Waals surface area contributed by atoms with Crippen LogP contribution >= 0.6 is 0 Å². The Labute approximate surface area is 131 Å². The summed E-state index contributed by atoms with van der Waals surface area (Å²) in [5, 5.41) is 7.63. The van der Waals surface area contributed by atoms with Gasteiger partial charge in [-0.25, -0.2) is 10.4 Å². The van der Waals surface area contributed by atoms with Crippen molar-refractivity contribution in [3.63, 3.8) is 0 Å². The number of hydrogen-bond acceptors (Lipinski definition) is 7. The molecule has 2 aromatic heterocycles. The van der Waals surface area contributed by atoms with E-state index < -0.39 is 0 Å². The van der Waals surface area contributed by atoms with Gasteiger partial charge in [-0.15, -0.1) is 0 Å².